The highest BCUT2D eigenvalue weighted by Gasteiger charge is 2.41. The predicted octanol–water partition coefficient (Wildman–Crippen LogP) is 4.38. The Balaban J connectivity index is 3.39. The first kappa shape index (κ1) is 18.1. The van der Waals surface area contributed by atoms with E-state index in [9.17, 15) is 9.50 Å². The van der Waals surface area contributed by atoms with Crippen molar-refractivity contribution in [3.63, 3.8) is 0 Å². The predicted molar refractivity (Wildman–Crippen MR) is 87.1 cm³/mol. The zero-order valence-electron chi connectivity index (χ0n) is 14.3. The van der Waals surface area contributed by atoms with Crippen LogP contribution in [0.5, 0.6) is 0 Å². The number of aliphatic hydroxyl groups excluding tert-OH is 1. The van der Waals surface area contributed by atoms with Gasteiger partial charge < -0.3 is 5.11 Å². The third kappa shape index (κ3) is 3.29. The van der Waals surface area contributed by atoms with Gasteiger partial charge in [0.15, 0.2) is 0 Å². The van der Waals surface area contributed by atoms with Crippen molar-refractivity contribution < 1.29 is 9.50 Å². The molecule has 0 heterocycles. The number of aryl methyl sites for hydroxylation is 2. The molecule has 0 aliphatic carbocycles. The van der Waals surface area contributed by atoms with Gasteiger partial charge >= 0.3 is 0 Å². The van der Waals surface area contributed by atoms with Crippen LogP contribution in [-0.4, -0.2) is 28.6 Å². The Morgan fingerprint density at radius 3 is 2.00 bits per heavy atom. The number of benzene rings is 1. The average Bonchev–Trinajstić information content (AvgIpc) is 2.43. The lowest BCUT2D eigenvalue weighted by molar-refractivity contribution is -0.0385. The lowest BCUT2D eigenvalue weighted by atomic mass is 9.79. The van der Waals surface area contributed by atoms with Gasteiger partial charge in [0.05, 0.1) is 5.54 Å². The maximum atomic E-state index is 14.5. The molecule has 1 aromatic rings. The zero-order chi connectivity index (χ0) is 16.2. The van der Waals surface area contributed by atoms with Crippen LogP contribution in [0.4, 0.5) is 4.39 Å². The Bertz CT molecular complexity index is 441. The molecule has 0 saturated carbocycles. The molecule has 1 aromatic carbocycles. The first-order valence-corrected chi connectivity index (χ1v) is 8.07. The summed E-state index contributed by atoms with van der Waals surface area (Å²) in [7, 11) is 0. The second kappa shape index (κ2) is 7.37. The Morgan fingerprint density at radius 1 is 1.10 bits per heavy atom. The molecule has 0 fully saturated rings. The molecule has 0 bridgehead atoms. The molecule has 0 saturated heterocycles. The van der Waals surface area contributed by atoms with Crippen LogP contribution < -0.4 is 0 Å². The zero-order valence-corrected chi connectivity index (χ0v) is 14.3. The molecule has 1 atom stereocenters. The van der Waals surface area contributed by atoms with Crippen LogP contribution in [0, 0.1) is 19.7 Å². The fourth-order valence-corrected chi connectivity index (χ4v) is 3.65. The van der Waals surface area contributed by atoms with Crippen molar-refractivity contribution in [1.82, 2.24) is 4.90 Å². The largest absolute Gasteiger partial charge is 0.386 e. The standard InChI is InChI=1S/C18H30FNO/c1-7-18(8-2,20(9-3)10-4)17(21)16-14(6)11-13(5)12-15(16)19/h11-12,17,21H,7-10H2,1-6H3. The van der Waals surface area contributed by atoms with E-state index in [0.29, 0.717) is 5.56 Å². The Kier molecular flexibility index (Phi) is 6.36. The van der Waals surface area contributed by atoms with Gasteiger partial charge in [0.25, 0.3) is 0 Å². The van der Waals surface area contributed by atoms with E-state index in [1.807, 2.05) is 19.9 Å². The molecule has 120 valence electrons. The molecular formula is C18H30FNO. The normalized spacial score (nSPS) is 13.8. The van der Waals surface area contributed by atoms with E-state index < -0.39 is 11.6 Å². The average molecular weight is 295 g/mol. The fraction of sp³-hybridized carbons (Fsp3) is 0.667. The summed E-state index contributed by atoms with van der Waals surface area (Å²) < 4.78 is 14.5. The number of likely N-dealkylation sites (N-methyl/N-ethyl adjacent to an activating group) is 1. The molecule has 0 spiro atoms. The van der Waals surface area contributed by atoms with Crippen LogP contribution in [0.1, 0.15) is 63.3 Å². The topological polar surface area (TPSA) is 23.5 Å². The summed E-state index contributed by atoms with van der Waals surface area (Å²) >= 11 is 0. The summed E-state index contributed by atoms with van der Waals surface area (Å²) in [6.07, 6.45) is 0.770. The summed E-state index contributed by atoms with van der Waals surface area (Å²) in [6.45, 7) is 13.8. The van der Waals surface area contributed by atoms with Crippen molar-refractivity contribution in [3.05, 3.63) is 34.6 Å². The van der Waals surface area contributed by atoms with Gasteiger partial charge in [0, 0.05) is 5.56 Å². The maximum Gasteiger partial charge on any atom is 0.129 e. The third-order valence-corrected chi connectivity index (χ3v) is 4.88. The second-order valence-corrected chi connectivity index (χ2v) is 5.86. The molecule has 1 rings (SSSR count). The summed E-state index contributed by atoms with van der Waals surface area (Å²) in [4.78, 5) is 2.26. The van der Waals surface area contributed by atoms with Crippen LogP contribution in [0.3, 0.4) is 0 Å². The third-order valence-electron chi connectivity index (χ3n) is 4.88. The number of hydrogen-bond acceptors (Lipinski definition) is 2. The van der Waals surface area contributed by atoms with E-state index in [1.165, 1.54) is 6.07 Å². The van der Waals surface area contributed by atoms with Crippen molar-refractivity contribution in [2.45, 2.75) is 66.0 Å². The van der Waals surface area contributed by atoms with E-state index in [4.69, 9.17) is 0 Å². The molecule has 2 nitrogen and oxygen atoms in total. The first-order chi connectivity index (χ1) is 9.87. The molecule has 0 aromatic heterocycles. The number of hydrogen-bond donors (Lipinski definition) is 1. The fourth-order valence-electron chi connectivity index (χ4n) is 3.65. The Hall–Kier alpha value is -0.930. The second-order valence-electron chi connectivity index (χ2n) is 5.86. The van der Waals surface area contributed by atoms with Gasteiger partial charge in [-0.3, -0.25) is 4.90 Å². The number of rotatable bonds is 7. The highest BCUT2D eigenvalue weighted by atomic mass is 19.1. The Morgan fingerprint density at radius 2 is 1.62 bits per heavy atom. The van der Waals surface area contributed by atoms with E-state index in [1.54, 1.807) is 0 Å². The van der Waals surface area contributed by atoms with Gasteiger partial charge in [0.2, 0.25) is 0 Å². The van der Waals surface area contributed by atoms with Crippen LogP contribution in [0.2, 0.25) is 0 Å². The number of halogens is 1. The van der Waals surface area contributed by atoms with Crippen molar-refractivity contribution in [3.8, 4) is 0 Å². The molecule has 3 heteroatoms. The van der Waals surface area contributed by atoms with Gasteiger partial charge in [-0.1, -0.05) is 33.8 Å². The van der Waals surface area contributed by atoms with Crippen LogP contribution >= 0.6 is 0 Å². The molecule has 0 amide bonds. The Labute approximate surface area is 129 Å². The van der Waals surface area contributed by atoms with Gasteiger partial charge in [0.1, 0.15) is 11.9 Å². The molecule has 0 radical (unpaired) electrons. The highest BCUT2D eigenvalue weighted by molar-refractivity contribution is 5.35. The van der Waals surface area contributed by atoms with Crippen molar-refractivity contribution in [2.24, 2.45) is 0 Å². The van der Waals surface area contributed by atoms with Gasteiger partial charge in [-0.25, -0.2) is 4.39 Å². The molecule has 0 aliphatic rings. The van der Waals surface area contributed by atoms with Crippen LogP contribution in [0.15, 0.2) is 12.1 Å². The van der Waals surface area contributed by atoms with Crippen molar-refractivity contribution in [2.75, 3.05) is 13.1 Å². The molecule has 1 N–H and O–H groups in total. The summed E-state index contributed by atoms with van der Waals surface area (Å²) in [6, 6.07) is 3.46. The smallest absolute Gasteiger partial charge is 0.129 e. The SMILES string of the molecule is CCN(CC)C(CC)(CC)C(O)c1c(C)cc(C)cc1F. The lowest BCUT2D eigenvalue weighted by Crippen LogP contribution is -2.52. The molecule has 1 unspecified atom stereocenters. The quantitative estimate of drug-likeness (QED) is 0.807. The van der Waals surface area contributed by atoms with E-state index >= 15 is 0 Å². The lowest BCUT2D eigenvalue weighted by Gasteiger charge is -2.46. The minimum absolute atomic E-state index is 0.293. The molecule has 21 heavy (non-hydrogen) atoms. The van der Waals surface area contributed by atoms with Gasteiger partial charge in [-0.15, -0.1) is 0 Å². The number of nitrogens with zero attached hydrogens (tertiary/aromatic N) is 1. The number of aliphatic hydroxyl groups is 1. The molecular weight excluding hydrogens is 265 g/mol. The molecule has 0 aliphatic heterocycles. The minimum atomic E-state index is -0.812. The monoisotopic (exact) mass is 295 g/mol. The van der Waals surface area contributed by atoms with Gasteiger partial charge in [-0.05, 0) is 57.0 Å². The minimum Gasteiger partial charge on any atom is -0.386 e. The first-order valence-electron chi connectivity index (χ1n) is 8.07. The van der Waals surface area contributed by atoms with Crippen molar-refractivity contribution in [1.29, 1.82) is 0 Å². The maximum absolute atomic E-state index is 14.5. The van der Waals surface area contributed by atoms with Crippen molar-refractivity contribution >= 4 is 0 Å². The van der Waals surface area contributed by atoms with Crippen LogP contribution in [-0.2, 0) is 0 Å². The highest BCUT2D eigenvalue weighted by Crippen LogP contribution is 2.39. The van der Waals surface area contributed by atoms with E-state index in [-0.39, 0.29) is 5.82 Å². The van der Waals surface area contributed by atoms with Crippen LogP contribution in [0.25, 0.3) is 0 Å². The van der Waals surface area contributed by atoms with E-state index in [2.05, 4.69) is 32.6 Å². The summed E-state index contributed by atoms with van der Waals surface area (Å²) in [5.74, 6) is -0.293. The van der Waals surface area contributed by atoms with E-state index in [0.717, 1.165) is 37.1 Å². The summed E-state index contributed by atoms with van der Waals surface area (Å²) in [5.41, 5.74) is 1.77. The van der Waals surface area contributed by atoms with Gasteiger partial charge in [-0.2, -0.15) is 0 Å². The summed E-state index contributed by atoms with van der Waals surface area (Å²) in [5, 5.41) is 11.0.